The Morgan fingerprint density at radius 2 is 1.90 bits per heavy atom. The molecule has 7 atom stereocenters. The number of rotatable bonds is 6. The average molecular weight is 557 g/mol. The molecule has 1 heterocycles. The second-order valence-corrected chi connectivity index (χ2v) is 11.9. The van der Waals surface area contributed by atoms with Crippen molar-refractivity contribution in [2.75, 3.05) is 25.1 Å². The predicted molar refractivity (Wildman–Crippen MR) is 137 cm³/mol. The zero-order chi connectivity index (χ0) is 28.6. The number of benzene rings is 1. The zero-order valence-corrected chi connectivity index (χ0v) is 22.4. The van der Waals surface area contributed by atoms with E-state index in [4.69, 9.17) is 4.74 Å². The summed E-state index contributed by atoms with van der Waals surface area (Å²) in [6, 6.07) is 4.07. The third kappa shape index (κ3) is 5.76. The van der Waals surface area contributed by atoms with Gasteiger partial charge >= 0.3 is 12.3 Å². The lowest BCUT2D eigenvalue weighted by Gasteiger charge is -2.60. The number of aliphatic hydroxyl groups is 3. The maximum atomic E-state index is 13.3. The third-order valence-electron chi connectivity index (χ3n) is 9.66. The molecular formula is C28H39F3N2O6. The highest BCUT2D eigenvalue weighted by Gasteiger charge is 2.60. The van der Waals surface area contributed by atoms with Gasteiger partial charge in [0, 0.05) is 24.1 Å². The summed E-state index contributed by atoms with van der Waals surface area (Å²) in [7, 11) is 0. The monoisotopic (exact) mass is 556 g/mol. The normalized spacial score (nSPS) is 34.9. The molecule has 2 amide bonds. The summed E-state index contributed by atoms with van der Waals surface area (Å²) in [6.07, 6.45) is -3.27. The van der Waals surface area contributed by atoms with Gasteiger partial charge in [-0.3, -0.25) is 10.1 Å². The number of anilines is 1. The van der Waals surface area contributed by atoms with Crippen LogP contribution in [-0.4, -0.2) is 70.2 Å². The number of carbonyl (C=O) groups is 2. The van der Waals surface area contributed by atoms with Crippen molar-refractivity contribution >= 4 is 17.7 Å². The molecule has 4 N–H and O–H groups in total. The number of ether oxygens (including phenoxy) is 1. The standard InChI is InChI=1S/C28H39F3N2O6/c1-26-11-10-23(39-25(38)32-18-6-3-5-17(13-18)28(29,30)31)27(2,16-35)22(26)9-8-21(36)20(26)14-24(37)33-12-4-7-19(33)15-34/h3,5-6,13,19-23,34-36H,4,7-12,14-16H2,1-2H3,(H,32,38)/t19-,20+,21+,22?,23+,26-,27-/m0/s1. The number of carbonyl (C=O) groups excluding carboxylic acids is 2. The predicted octanol–water partition coefficient (Wildman–Crippen LogP) is 4.18. The van der Waals surface area contributed by atoms with Crippen molar-refractivity contribution in [1.29, 1.82) is 0 Å². The van der Waals surface area contributed by atoms with Gasteiger partial charge in [-0.15, -0.1) is 0 Å². The lowest BCUT2D eigenvalue weighted by Crippen LogP contribution is -2.61. The highest BCUT2D eigenvalue weighted by Crippen LogP contribution is 2.61. The number of aliphatic hydroxyl groups excluding tert-OH is 3. The van der Waals surface area contributed by atoms with Crippen LogP contribution in [0.25, 0.3) is 0 Å². The second kappa shape index (κ2) is 11.2. The Labute approximate surface area is 226 Å². The van der Waals surface area contributed by atoms with E-state index in [1.54, 1.807) is 4.90 Å². The first-order valence-electron chi connectivity index (χ1n) is 13.7. The first kappa shape index (κ1) is 29.6. The van der Waals surface area contributed by atoms with Gasteiger partial charge in [0.2, 0.25) is 5.91 Å². The molecule has 3 fully saturated rings. The highest BCUT2D eigenvalue weighted by atomic mass is 19.4. The Bertz CT molecular complexity index is 1050. The van der Waals surface area contributed by atoms with Crippen LogP contribution in [0.3, 0.4) is 0 Å². The maximum absolute atomic E-state index is 13.3. The van der Waals surface area contributed by atoms with E-state index >= 15 is 0 Å². The SMILES string of the molecule is C[C@]1(CO)C2CC[C@@H](O)[C@@H](CC(=O)N3CCC[C@H]3CO)[C@]2(C)CC[C@H]1OC(=O)Nc1cccc(C(F)(F)F)c1. The molecule has 39 heavy (non-hydrogen) atoms. The summed E-state index contributed by atoms with van der Waals surface area (Å²) in [5.41, 5.74) is -2.35. The molecule has 8 nitrogen and oxygen atoms in total. The van der Waals surface area contributed by atoms with Gasteiger partial charge in [0.25, 0.3) is 0 Å². The summed E-state index contributed by atoms with van der Waals surface area (Å²) in [5.74, 6) is -0.639. The number of alkyl halides is 3. The van der Waals surface area contributed by atoms with E-state index in [0.29, 0.717) is 32.2 Å². The van der Waals surface area contributed by atoms with Crippen LogP contribution < -0.4 is 5.32 Å². The molecule has 218 valence electrons. The minimum Gasteiger partial charge on any atom is -0.445 e. The Morgan fingerprint density at radius 1 is 1.15 bits per heavy atom. The number of fused-ring (bicyclic) bond motifs is 1. The fourth-order valence-corrected chi connectivity index (χ4v) is 7.49. The van der Waals surface area contributed by atoms with E-state index in [-0.39, 0.29) is 49.1 Å². The summed E-state index contributed by atoms with van der Waals surface area (Å²) in [5, 5.41) is 33.6. The van der Waals surface area contributed by atoms with Gasteiger partial charge in [0.1, 0.15) is 6.10 Å². The first-order valence-corrected chi connectivity index (χ1v) is 13.7. The van der Waals surface area contributed by atoms with Gasteiger partial charge in [-0.1, -0.05) is 19.9 Å². The van der Waals surface area contributed by atoms with E-state index in [1.165, 1.54) is 12.1 Å². The zero-order valence-electron chi connectivity index (χ0n) is 22.4. The Hall–Kier alpha value is -2.37. The molecule has 11 heteroatoms. The van der Waals surface area contributed by atoms with Crippen molar-refractivity contribution in [3.05, 3.63) is 29.8 Å². The molecule has 0 bridgehead atoms. The number of hydrogen-bond acceptors (Lipinski definition) is 6. The number of hydrogen-bond donors (Lipinski definition) is 4. The molecule has 0 aromatic heterocycles. The molecule has 2 saturated carbocycles. The van der Waals surface area contributed by atoms with Crippen LogP contribution in [0, 0.1) is 22.7 Å². The summed E-state index contributed by atoms with van der Waals surface area (Å²) < 4.78 is 44.9. The number of nitrogens with zero attached hydrogens (tertiary/aromatic N) is 1. The van der Waals surface area contributed by atoms with Crippen LogP contribution in [-0.2, 0) is 15.7 Å². The van der Waals surface area contributed by atoms with Crippen molar-refractivity contribution in [2.24, 2.45) is 22.7 Å². The number of halogens is 3. The van der Waals surface area contributed by atoms with E-state index in [0.717, 1.165) is 25.0 Å². The van der Waals surface area contributed by atoms with Crippen molar-refractivity contribution in [3.8, 4) is 0 Å². The molecule has 1 unspecified atom stereocenters. The minimum absolute atomic E-state index is 0.0522. The molecule has 3 aliphatic rings. The Kier molecular flexibility index (Phi) is 8.54. The van der Waals surface area contributed by atoms with Gasteiger partial charge in [0.05, 0.1) is 30.9 Å². The lowest BCUT2D eigenvalue weighted by molar-refractivity contribution is -0.186. The third-order valence-corrected chi connectivity index (χ3v) is 9.66. The van der Waals surface area contributed by atoms with Crippen molar-refractivity contribution in [2.45, 2.75) is 83.2 Å². The van der Waals surface area contributed by atoms with Gasteiger partial charge in [-0.2, -0.15) is 13.2 Å². The lowest BCUT2D eigenvalue weighted by atomic mass is 9.46. The molecular weight excluding hydrogens is 517 g/mol. The maximum Gasteiger partial charge on any atom is 0.416 e. The van der Waals surface area contributed by atoms with Crippen molar-refractivity contribution in [1.82, 2.24) is 4.90 Å². The van der Waals surface area contributed by atoms with Crippen LogP contribution in [0.2, 0.25) is 0 Å². The quantitative estimate of drug-likeness (QED) is 0.418. The van der Waals surface area contributed by atoms with Crippen LogP contribution in [0.4, 0.5) is 23.7 Å². The average Bonchev–Trinajstić information content (AvgIpc) is 3.37. The highest BCUT2D eigenvalue weighted by molar-refractivity contribution is 5.84. The van der Waals surface area contributed by atoms with Crippen molar-refractivity contribution in [3.63, 3.8) is 0 Å². The van der Waals surface area contributed by atoms with Gasteiger partial charge in [-0.05, 0) is 74.0 Å². The molecule has 1 aliphatic heterocycles. The molecule has 4 rings (SSSR count). The molecule has 1 aromatic carbocycles. The molecule has 1 aromatic rings. The fraction of sp³-hybridized carbons (Fsp3) is 0.714. The molecule has 1 saturated heterocycles. The minimum atomic E-state index is -4.55. The topological polar surface area (TPSA) is 119 Å². The second-order valence-electron chi connectivity index (χ2n) is 11.9. The Morgan fingerprint density at radius 3 is 2.56 bits per heavy atom. The number of likely N-dealkylation sites (tertiary alicyclic amines) is 1. The van der Waals surface area contributed by atoms with Gasteiger partial charge < -0.3 is 25.0 Å². The molecule has 0 spiro atoms. The van der Waals surface area contributed by atoms with E-state index in [1.807, 2.05) is 13.8 Å². The van der Waals surface area contributed by atoms with E-state index < -0.39 is 40.9 Å². The first-order chi connectivity index (χ1) is 18.3. The number of amides is 2. The van der Waals surface area contributed by atoms with Crippen LogP contribution in [0.5, 0.6) is 0 Å². The smallest absolute Gasteiger partial charge is 0.416 e. The fourth-order valence-electron chi connectivity index (χ4n) is 7.49. The van der Waals surface area contributed by atoms with E-state index in [9.17, 15) is 38.1 Å². The molecule has 2 aliphatic carbocycles. The largest absolute Gasteiger partial charge is 0.445 e. The number of nitrogens with one attached hydrogen (secondary N) is 1. The van der Waals surface area contributed by atoms with Crippen LogP contribution >= 0.6 is 0 Å². The Balaban J connectivity index is 1.49. The van der Waals surface area contributed by atoms with E-state index in [2.05, 4.69) is 5.32 Å². The van der Waals surface area contributed by atoms with Crippen LogP contribution in [0.15, 0.2) is 24.3 Å². The summed E-state index contributed by atoms with van der Waals surface area (Å²) in [4.78, 5) is 27.7. The van der Waals surface area contributed by atoms with Gasteiger partial charge in [-0.25, -0.2) is 4.79 Å². The molecule has 0 radical (unpaired) electrons. The van der Waals surface area contributed by atoms with Crippen LogP contribution in [0.1, 0.15) is 64.4 Å². The summed E-state index contributed by atoms with van der Waals surface area (Å²) >= 11 is 0. The summed E-state index contributed by atoms with van der Waals surface area (Å²) in [6.45, 7) is 4.04. The van der Waals surface area contributed by atoms with Gasteiger partial charge in [0.15, 0.2) is 0 Å². The van der Waals surface area contributed by atoms with Crippen molar-refractivity contribution < 1.29 is 42.8 Å².